The zero-order valence-corrected chi connectivity index (χ0v) is 33.9. The van der Waals surface area contributed by atoms with E-state index in [1.165, 1.54) is 11.1 Å². The first kappa shape index (κ1) is 36.5. The van der Waals surface area contributed by atoms with Gasteiger partial charge < -0.3 is 9.80 Å². The molecule has 56 heavy (non-hydrogen) atoms. The Hall–Kier alpha value is -5.14. The van der Waals surface area contributed by atoms with Gasteiger partial charge in [0.2, 0.25) is 0 Å². The van der Waals surface area contributed by atoms with Crippen molar-refractivity contribution in [1.82, 2.24) is 0 Å². The maximum absolute atomic E-state index is 14.6. The molecule has 0 unspecified atom stereocenters. The average molecular weight is 761 g/mol. The topological polar surface area (TPSA) is 6.48 Å². The molecule has 2 aliphatic heterocycles. The van der Waals surface area contributed by atoms with Crippen molar-refractivity contribution in [3.8, 4) is 0 Å². The summed E-state index contributed by atoms with van der Waals surface area (Å²) >= 11 is -0.0427. The number of halogens is 3. The molecule has 0 spiro atoms. The van der Waals surface area contributed by atoms with Gasteiger partial charge in [-0.1, -0.05) is 126 Å². The predicted octanol–water partition coefficient (Wildman–Crippen LogP) is 12.9. The lowest BCUT2D eigenvalue weighted by molar-refractivity contribution is -0.0328. The van der Waals surface area contributed by atoms with Crippen molar-refractivity contribution in [2.24, 2.45) is 0 Å². The van der Waals surface area contributed by atoms with E-state index in [-0.39, 0.29) is 34.2 Å². The fourth-order valence-electron chi connectivity index (χ4n) is 9.24. The van der Waals surface area contributed by atoms with E-state index >= 15 is 0 Å². The average Bonchev–Trinajstić information content (AvgIpc) is 3.12. The number of anilines is 6. The normalized spacial score (nSPS) is 13.9. The molecule has 0 atom stereocenters. The molecule has 0 saturated carbocycles. The molecule has 2 aliphatic rings. The van der Waals surface area contributed by atoms with Crippen LogP contribution < -0.4 is 26.2 Å². The summed E-state index contributed by atoms with van der Waals surface area (Å²) in [6, 6.07) is 42.4. The van der Waals surface area contributed by atoms with Crippen LogP contribution in [-0.2, 0) is 10.8 Å². The van der Waals surface area contributed by atoms with Crippen molar-refractivity contribution in [3.05, 3.63) is 144 Å². The molecule has 0 radical (unpaired) electrons. The summed E-state index contributed by atoms with van der Waals surface area (Å²) in [4.78, 5) is 4.63. The van der Waals surface area contributed by atoms with E-state index in [9.17, 15) is 13.2 Å². The van der Waals surface area contributed by atoms with Crippen molar-refractivity contribution >= 4 is 90.5 Å². The number of benzene rings is 7. The maximum atomic E-state index is 14.6. The Balaban J connectivity index is 1.49. The minimum Gasteiger partial charge on any atom is -0.311 e. The smallest absolute Gasteiger partial charge is 0.311 e. The molecule has 0 aromatic heterocycles. The summed E-state index contributed by atoms with van der Waals surface area (Å²) in [6.07, 6.45) is 0. The van der Waals surface area contributed by atoms with E-state index in [2.05, 4.69) is 162 Å². The van der Waals surface area contributed by atoms with Gasteiger partial charge >= 0.3 is 5.51 Å². The summed E-state index contributed by atoms with van der Waals surface area (Å²) in [6.45, 7) is 17.3. The molecular weight excluding hydrogens is 716 g/mol. The molecule has 7 heteroatoms. The zero-order valence-electron chi connectivity index (χ0n) is 33.1. The molecule has 0 bridgehead atoms. The van der Waals surface area contributed by atoms with Gasteiger partial charge in [-0.25, -0.2) is 0 Å². The second-order valence-corrected chi connectivity index (χ2v) is 18.7. The highest BCUT2D eigenvalue weighted by atomic mass is 32.2. The Morgan fingerprint density at radius 2 is 0.929 bits per heavy atom. The molecule has 0 fully saturated rings. The third-order valence-corrected chi connectivity index (χ3v) is 12.2. The maximum Gasteiger partial charge on any atom is 0.446 e. The SMILES string of the molecule is Cc1cccc(N2c3cc(SC(F)(F)F)cc4c3B(c3ccc5c(C(C)(C)C)cccc5c32)c2ccc3c(C(C)(C)C)cccc3c2N4c2cccc(C)c2)c1. The number of alkyl halides is 3. The summed E-state index contributed by atoms with van der Waals surface area (Å²) in [5.74, 6) is 0. The number of hydrogen-bond donors (Lipinski definition) is 0. The molecular formula is C49H44BF3N2S. The number of nitrogens with zero attached hydrogens (tertiary/aromatic N) is 2. The standard InChI is InChI=1S/C49H44BF3N2S/c1-29-13-9-15-31(25-29)54-42-27-33(56-49(51,52)53)28-43-44(42)50(40-23-21-34-36(45(40)54)17-11-19-38(34)47(3,4)5)41-24-22-35-37(18-12-20-39(35)48(6,7)8)46(41)55(43)32-16-10-14-30(2)26-32/h9-28H,1-8H3. The summed E-state index contributed by atoms with van der Waals surface area (Å²) in [5.41, 5.74) is 8.48. The highest BCUT2D eigenvalue weighted by Gasteiger charge is 2.46. The van der Waals surface area contributed by atoms with Gasteiger partial charge in [0.15, 0.2) is 0 Å². The van der Waals surface area contributed by atoms with Gasteiger partial charge in [0.25, 0.3) is 6.71 Å². The van der Waals surface area contributed by atoms with Gasteiger partial charge in [0.1, 0.15) is 0 Å². The largest absolute Gasteiger partial charge is 0.446 e. The van der Waals surface area contributed by atoms with Gasteiger partial charge in [-0.15, -0.1) is 0 Å². The van der Waals surface area contributed by atoms with Crippen molar-refractivity contribution in [2.75, 3.05) is 9.80 Å². The minimum atomic E-state index is -4.48. The Labute approximate surface area is 332 Å². The van der Waals surface area contributed by atoms with E-state index in [0.717, 1.165) is 83.2 Å². The van der Waals surface area contributed by atoms with Gasteiger partial charge in [-0.05, 0) is 122 Å². The molecule has 0 N–H and O–H groups in total. The Morgan fingerprint density at radius 1 is 0.500 bits per heavy atom. The monoisotopic (exact) mass is 760 g/mol. The molecule has 0 aliphatic carbocycles. The third-order valence-electron chi connectivity index (χ3n) is 11.4. The Morgan fingerprint density at radius 3 is 1.32 bits per heavy atom. The quantitative estimate of drug-likeness (QED) is 0.131. The molecule has 7 aromatic carbocycles. The van der Waals surface area contributed by atoms with Gasteiger partial charge in [-0.3, -0.25) is 0 Å². The van der Waals surface area contributed by atoms with Crippen molar-refractivity contribution < 1.29 is 13.2 Å². The molecule has 2 heterocycles. The number of aryl methyl sites for hydroxylation is 2. The lowest BCUT2D eigenvalue weighted by Gasteiger charge is -2.45. The summed E-state index contributed by atoms with van der Waals surface area (Å²) < 4.78 is 43.8. The lowest BCUT2D eigenvalue weighted by atomic mass is 9.33. The third kappa shape index (κ3) is 5.89. The van der Waals surface area contributed by atoms with Crippen LogP contribution in [0.15, 0.2) is 126 Å². The van der Waals surface area contributed by atoms with Gasteiger partial charge in [-0.2, -0.15) is 13.2 Å². The van der Waals surface area contributed by atoms with E-state index in [1.807, 2.05) is 12.1 Å². The second kappa shape index (κ2) is 12.7. The van der Waals surface area contributed by atoms with E-state index in [4.69, 9.17) is 0 Å². The first-order chi connectivity index (χ1) is 26.5. The first-order valence-electron chi connectivity index (χ1n) is 19.3. The molecule has 9 rings (SSSR count). The predicted molar refractivity (Wildman–Crippen MR) is 234 cm³/mol. The van der Waals surface area contributed by atoms with Crippen LogP contribution in [0.4, 0.5) is 47.3 Å². The molecule has 2 nitrogen and oxygen atoms in total. The van der Waals surface area contributed by atoms with Crippen LogP contribution in [0, 0.1) is 13.8 Å². The fraction of sp³-hybridized carbons (Fsp3) is 0.224. The Bertz CT molecular complexity index is 2560. The Kier molecular flexibility index (Phi) is 8.27. The van der Waals surface area contributed by atoms with Crippen LogP contribution in [0.1, 0.15) is 63.8 Å². The van der Waals surface area contributed by atoms with Crippen molar-refractivity contribution in [3.63, 3.8) is 0 Å². The van der Waals surface area contributed by atoms with E-state index < -0.39 is 5.51 Å². The van der Waals surface area contributed by atoms with Crippen LogP contribution in [0.3, 0.4) is 0 Å². The number of hydrogen-bond acceptors (Lipinski definition) is 3. The van der Waals surface area contributed by atoms with Gasteiger partial charge in [0.05, 0.1) is 0 Å². The van der Waals surface area contributed by atoms with E-state index in [0.29, 0.717) is 0 Å². The minimum absolute atomic E-state index is 0.0427. The zero-order chi connectivity index (χ0) is 39.5. The van der Waals surface area contributed by atoms with Crippen LogP contribution in [0.5, 0.6) is 0 Å². The van der Waals surface area contributed by atoms with Gasteiger partial charge in [0, 0.05) is 49.8 Å². The molecule has 0 amide bonds. The lowest BCUT2D eigenvalue weighted by Crippen LogP contribution is -2.61. The number of thioether (sulfide) groups is 1. The van der Waals surface area contributed by atoms with Crippen LogP contribution >= 0.6 is 11.8 Å². The number of fused-ring (bicyclic) bond motifs is 8. The van der Waals surface area contributed by atoms with E-state index in [1.54, 1.807) is 12.1 Å². The second-order valence-electron chi connectivity index (χ2n) is 17.5. The molecule has 0 saturated heterocycles. The van der Waals surface area contributed by atoms with Crippen LogP contribution in [-0.4, -0.2) is 12.2 Å². The fourth-order valence-corrected chi connectivity index (χ4v) is 9.85. The highest BCUT2D eigenvalue weighted by molar-refractivity contribution is 8.00. The first-order valence-corrected chi connectivity index (χ1v) is 20.1. The van der Waals surface area contributed by atoms with Crippen molar-refractivity contribution in [2.45, 2.75) is 76.6 Å². The van der Waals surface area contributed by atoms with Crippen LogP contribution in [0.25, 0.3) is 21.5 Å². The summed E-state index contributed by atoms with van der Waals surface area (Å²) in [7, 11) is 0. The van der Waals surface area contributed by atoms with Crippen molar-refractivity contribution in [1.29, 1.82) is 0 Å². The number of rotatable bonds is 3. The van der Waals surface area contributed by atoms with Crippen LogP contribution in [0.2, 0.25) is 0 Å². The highest BCUT2D eigenvalue weighted by Crippen LogP contribution is 2.51. The molecule has 7 aromatic rings. The summed E-state index contributed by atoms with van der Waals surface area (Å²) in [5, 5.41) is 4.45. The molecule has 280 valence electrons.